The monoisotopic (exact) mass is 664 g/mol. The molecule has 0 aromatic heterocycles. The van der Waals surface area contributed by atoms with Crippen molar-refractivity contribution in [1.82, 2.24) is 15.5 Å². The number of amides is 3. The molecule has 0 saturated carbocycles. The normalized spacial score (nSPS) is 12.0. The van der Waals surface area contributed by atoms with Crippen molar-refractivity contribution >= 4 is 39.7 Å². The maximum absolute atomic E-state index is 13.0. The number of carboxylic acids is 1. The minimum absolute atomic E-state index is 0.00126. The van der Waals surface area contributed by atoms with E-state index in [4.69, 9.17) is 32.2 Å². The van der Waals surface area contributed by atoms with E-state index < -0.39 is 39.9 Å². The SMILES string of the molecule is CC(=O)O.CCN(CCc1ccc(S(N)(=O)=O)cc1)C(=O)CNC(=O)[C@@H](CCCN=C(N)N)NC(=O)[C@@H](N)Cc1ccc(O)cc1. The number of likely N-dealkylation sites (N-methyl/N-ethyl adjacent to an activating group) is 1. The number of aliphatic imine (C=N–C) groups is 1. The number of carboxylic acid groups (broad SMARTS) is 1. The van der Waals surface area contributed by atoms with Crippen LogP contribution in [-0.4, -0.2) is 91.4 Å². The van der Waals surface area contributed by atoms with Gasteiger partial charge < -0.3 is 42.9 Å². The molecule has 254 valence electrons. The van der Waals surface area contributed by atoms with Gasteiger partial charge in [-0.05, 0) is 68.0 Å². The van der Waals surface area contributed by atoms with Gasteiger partial charge in [0.1, 0.15) is 11.8 Å². The number of phenolic OH excluding ortho intramolecular Hbond substituents is 1. The highest BCUT2D eigenvalue weighted by Gasteiger charge is 2.25. The number of guanidine groups is 1. The summed E-state index contributed by atoms with van der Waals surface area (Å²) in [5, 5.41) is 27.2. The molecule has 0 fully saturated rings. The van der Waals surface area contributed by atoms with E-state index in [9.17, 15) is 27.9 Å². The zero-order chi connectivity index (χ0) is 34.9. The van der Waals surface area contributed by atoms with Crippen LogP contribution in [0.4, 0.5) is 0 Å². The van der Waals surface area contributed by atoms with Gasteiger partial charge in [0.25, 0.3) is 5.97 Å². The molecule has 0 unspecified atom stereocenters. The summed E-state index contributed by atoms with van der Waals surface area (Å²) in [7, 11) is -3.80. The Labute approximate surface area is 268 Å². The molecule has 0 saturated heterocycles. The molecule has 17 heteroatoms. The highest BCUT2D eigenvalue weighted by molar-refractivity contribution is 7.89. The van der Waals surface area contributed by atoms with Crippen molar-refractivity contribution in [1.29, 1.82) is 0 Å². The van der Waals surface area contributed by atoms with Crippen molar-refractivity contribution in [2.75, 3.05) is 26.2 Å². The second-order valence-corrected chi connectivity index (χ2v) is 11.7. The lowest BCUT2D eigenvalue weighted by Gasteiger charge is -2.23. The molecule has 16 nitrogen and oxygen atoms in total. The summed E-state index contributed by atoms with van der Waals surface area (Å²) in [6.45, 7) is 3.55. The highest BCUT2D eigenvalue weighted by atomic mass is 32.2. The molecule has 0 aliphatic heterocycles. The molecule has 2 aromatic rings. The van der Waals surface area contributed by atoms with E-state index in [1.165, 1.54) is 24.3 Å². The highest BCUT2D eigenvalue weighted by Crippen LogP contribution is 2.12. The van der Waals surface area contributed by atoms with Gasteiger partial charge in [-0.2, -0.15) is 0 Å². The Morgan fingerprint density at radius 2 is 1.54 bits per heavy atom. The maximum atomic E-state index is 13.0. The number of nitrogens with two attached hydrogens (primary N) is 4. The zero-order valence-electron chi connectivity index (χ0n) is 25.9. The molecule has 0 bridgehead atoms. The zero-order valence-corrected chi connectivity index (χ0v) is 26.7. The molecule has 0 heterocycles. The Kier molecular flexibility index (Phi) is 16.7. The van der Waals surface area contributed by atoms with E-state index in [-0.39, 0.29) is 48.4 Å². The van der Waals surface area contributed by atoms with Crippen molar-refractivity contribution in [3.8, 4) is 5.75 Å². The topological polar surface area (TPSA) is 287 Å². The summed E-state index contributed by atoms with van der Waals surface area (Å²) in [5.74, 6) is -2.29. The Hall–Kier alpha value is -4.74. The van der Waals surface area contributed by atoms with Crippen molar-refractivity contribution in [2.45, 2.75) is 56.5 Å². The smallest absolute Gasteiger partial charge is 0.300 e. The molecule has 46 heavy (non-hydrogen) atoms. The van der Waals surface area contributed by atoms with E-state index in [1.54, 1.807) is 36.1 Å². The van der Waals surface area contributed by atoms with Crippen LogP contribution in [0.1, 0.15) is 37.8 Å². The number of benzene rings is 2. The van der Waals surface area contributed by atoms with Crippen molar-refractivity contribution in [3.05, 3.63) is 59.7 Å². The number of sulfonamides is 1. The number of carbonyl (C=O) groups excluding carboxylic acids is 3. The maximum Gasteiger partial charge on any atom is 0.300 e. The van der Waals surface area contributed by atoms with Gasteiger partial charge in [-0.25, -0.2) is 13.6 Å². The number of carbonyl (C=O) groups is 4. The third-order valence-electron chi connectivity index (χ3n) is 6.38. The van der Waals surface area contributed by atoms with Gasteiger partial charge in [-0.15, -0.1) is 0 Å². The third-order valence-corrected chi connectivity index (χ3v) is 7.31. The Bertz CT molecular complexity index is 1430. The van der Waals surface area contributed by atoms with Crippen LogP contribution in [0.2, 0.25) is 0 Å². The number of nitrogens with one attached hydrogen (secondary N) is 2. The van der Waals surface area contributed by atoms with Gasteiger partial charge in [-0.1, -0.05) is 24.3 Å². The molecule has 0 radical (unpaired) electrons. The second kappa shape index (κ2) is 19.6. The van der Waals surface area contributed by atoms with E-state index in [0.717, 1.165) is 18.1 Å². The van der Waals surface area contributed by atoms with Crippen LogP contribution < -0.4 is 33.0 Å². The lowest BCUT2D eigenvalue weighted by Crippen LogP contribution is -2.53. The molecule has 12 N–H and O–H groups in total. The number of primary sulfonamides is 1. The lowest BCUT2D eigenvalue weighted by molar-refractivity contribution is -0.134. The first-order valence-electron chi connectivity index (χ1n) is 14.3. The van der Waals surface area contributed by atoms with Gasteiger partial charge in [-0.3, -0.25) is 24.2 Å². The summed E-state index contributed by atoms with van der Waals surface area (Å²) in [6, 6.07) is 10.4. The first-order valence-corrected chi connectivity index (χ1v) is 15.8. The fourth-order valence-corrected chi connectivity index (χ4v) is 4.51. The molecule has 2 atom stereocenters. The lowest BCUT2D eigenvalue weighted by atomic mass is 10.0. The van der Waals surface area contributed by atoms with E-state index in [0.29, 0.717) is 25.9 Å². The number of hydrogen-bond donors (Lipinski definition) is 8. The Morgan fingerprint density at radius 1 is 0.978 bits per heavy atom. The summed E-state index contributed by atoms with van der Waals surface area (Å²) in [4.78, 5) is 53.1. The molecule has 2 rings (SSSR count). The second-order valence-electron chi connectivity index (χ2n) is 10.1. The van der Waals surface area contributed by atoms with E-state index >= 15 is 0 Å². The average molecular weight is 665 g/mol. The number of rotatable bonds is 16. The van der Waals surface area contributed by atoms with Gasteiger partial charge in [0.05, 0.1) is 17.5 Å². The minimum Gasteiger partial charge on any atom is -0.508 e. The molecular weight excluding hydrogens is 620 g/mol. The summed E-state index contributed by atoms with van der Waals surface area (Å²) < 4.78 is 22.9. The molecule has 0 spiro atoms. The quantitative estimate of drug-likeness (QED) is 0.0596. The summed E-state index contributed by atoms with van der Waals surface area (Å²) in [6.07, 6.45) is 1.22. The van der Waals surface area contributed by atoms with E-state index in [2.05, 4.69) is 15.6 Å². The average Bonchev–Trinajstić information content (AvgIpc) is 2.98. The van der Waals surface area contributed by atoms with Gasteiger partial charge >= 0.3 is 0 Å². The number of phenols is 1. The molecule has 0 aliphatic carbocycles. The first-order chi connectivity index (χ1) is 21.5. The standard InChI is InChI=1S/C27H40N8O6S.C2H4O2/c1-2-35(15-13-18-7-11-21(12-8-18)42(31,40)41)24(37)17-33-26(39)23(4-3-14-32-27(29)30)34-25(38)22(28)16-19-5-9-20(36)10-6-19;1-2(3)4/h5-12,22-23,36H,2-4,13-17,28H2,1H3,(H,33,39)(H,34,38)(H4,29,30,32)(H2,31,40,41);1H3,(H,3,4)/t22-,23+;/m0./s1. The minimum atomic E-state index is -3.80. The van der Waals surface area contributed by atoms with Gasteiger partial charge in [0.2, 0.25) is 27.7 Å². The van der Waals surface area contributed by atoms with Gasteiger partial charge in [0, 0.05) is 26.6 Å². The molecule has 2 aromatic carbocycles. The largest absolute Gasteiger partial charge is 0.508 e. The van der Waals surface area contributed by atoms with Crippen molar-refractivity contribution < 1.29 is 37.8 Å². The summed E-state index contributed by atoms with van der Waals surface area (Å²) in [5.41, 5.74) is 18.3. The van der Waals surface area contributed by atoms with Crippen LogP contribution in [0.5, 0.6) is 5.75 Å². The number of hydrogen-bond acceptors (Lipinski definition) is 9. The van der Waals surface area contributed by atoms with Crippen molar-refractivity contribution in [2.24, 2.45) is 27.3 Å². The fraction of sp³-hybridized carbons (Fsp3) is 0.414. The molecule has 3 amide bonds. The van der Waals surface area contributed by atoms with Crippen LogP contribution in [0, 0.1) is 0 Å². The Balaban J connectivity index is 0.00000249. The number of nitrogens with zero attached hydrogens (tertiary/aromatic N) is 2. The summed E-state index contributed by atoms with van der Waals surface area (Å²) >= 11 is 0. The predicted molar refractivity (Wildman–Crippen MR) is 172 cm³/mol. The van der Waals surface area contributed by atoms with E-state index in [1.807, 2.05) is 0 Å². The van der Waals surface area contributed by atoms with Crippen LogP contribution in [0.3, 0.4) is 0 Å². The molecule has 0 aliphatic rings. The van der Waals surface area contributed by atoms with Gasteiger partial charge in [0.15, 0.2) is 5.96 Å². The predicted octanol–water partition coefficient (Wildman–Crippen LogP) is -1.25. The van der Waals surface area contributed by atoms with Crippen LogP contribution in [-0.2, 0) is 42.0 Å². The van der Waals surface area contributed by atoms with Crippen molar-refractivity contribution in [3.63, 3.8) is 0 Å². The van der Waals surface area contributed by atoms with Crippen LogP contribution in [0.15, 0.2) is 58.4 Å². The van der Waals surface area contributed by atoms with Crippen LogP contribution in [0.25, 0.3) is 0 Å². The molecular formula is C29H44N8O8S. The number of aromatic hydroxyl groups is 1. The third kappa shape index (κ3) is 15.8. The fourth-order valence-electron chi connectivity index (χ4n) is 4.00. The number of aliphatic carboxylic acids is 1. The Morgan fingerprint density at radius 3 is 2.07 bits per heavy atom. The first kappa shape index (κ1) is 39.3. The van der Waals surface area contributed by atoms with Crippen LogP contribution >= 0.6 is 0 Å².